The minimum absolute atomic E-state index is 0.319. The molecule has 0 fully saturated rings. The molecule has 0 amide bonds. The molecular weight excluding hydrogens is 262 g/mol. The van der Waals surface area contributed by atoms with Gasteiger partial charge in [-0.1, -0.05) is 18.2 Å². The second-order valence-corrected chi connectivity index (χ2v) is 5.36. The standard InChI is InChI=1S/C16H15N5/c1-11(2)21-10-19-14-15(17-9-18-16(14)21)20-8-7-12-5-3-4-6-13(12)20/h3-11H,1-2H3. The predicted octanol–water partition coefficient (Wildman–Crippen LogP) is 3.35. The summed E-state index contributed by atoms with van der Waals surface area (Å²) in [7, 11) is 0. The smallest absolute Gasteiger partial charge is 0.168 e. The molecule has 4 rings (SSSR count). The predicted molar refractivity (Wildman–Crippen MR) is 82.5 cm³/mol. The van der Waals surface area contributed by atoms with Gasteiger partial charge in [0.05, 0.1) is 11.8 Å². The van der Waals surface area contributed by atoms with E-state index in [1.165, 1.54) is 5.39 Å². The average molecular weight is 277 g/mol. The van der Waals surface area contributed by atoms with Gasteiger partial charge in [0.25, 0.3) is 0 Å². The lowest BCUT2D eigenvalue weighted by Gasteiger charge is -2.08. The van der Waals surface area contributed by atoms with E-state index in [1.54, 1.807) is 6.33 Å². The number of aromatic nitrogens is 5. The zero-order valence-corrected chi connectivity index (χ0v) is 11.9. The van der Waals surface area contributed by atoms with Gasteiger partial charge in [-0.25, -0.2) is 15.0 Å². The first kappa shape index (κ1) is 12.1. The molecule has 21 heavy (non-hydrogen) atoms. The summed E-state index contributed by atoms with van der Waals surface area (Å²) < 4.78 is 4.13. The highest BCUT2D eigenvalue weighted by molar-refractivity contribution is 5.86. The fraction of sp³-hybridized carbons (Fsp3) is 0.188. The summed E-state index contributed by atoms with van der Waals surface area (Å²) in [6.45, 7) is 4.24. The number of benzene rings is 1. The van der Waals surface area contributed by atoms with Crippen LogP contribution in [-0.2, 0) is 0 Å². The van der Waals surface area contributed by atoms with Gasteiger partial charge in [0.2, 0.25) is 0 Å². The lowest BCUT2D eigenvalue weighted by atomic mass is 10.2. The van der Waals surface area contributed by atoms with Crippen LogP contribution in [0.15, 0.2) is 49.2 Å². The van der Waals surface area contributed by atoms with Gasteiger partial charge in [-0.3, -0.25) is 4.57 Å². The molecule has 0 radical (unpaired) electrons. The molecule has 0 saturated heterocycles. The topological polar surface area (TPSA) is 48.5 Å². The number of imidazole rings is 1. The Bertz CT molecular complexity index is 932. The van der Waals surface area contributed by atoms with E-state index in [2.05, 4.69) is 56.1 Å². The largest absolute Gasteiger partial charge is 0.313 e. The van der Waals surface area contributed by atoms with Crippen LogP contribution >= 0.6 is 0 Å². The Morgan fingerprint density at radius 2 is 1.86 bits per heavy atom. The maximum Gasteiger partial charge on any atom is 0.168 e. The normalized spacial score (nSPS) is 11.8. The van der Waals surface area contributed by atoms with Gasteiger partial charge < -0.3 is 4.57 Å². The van der Waals surface area contributed by atoms with Crippen LogP contribution in [0.1, 0.15) is 19.9 Å². The van der Waals surface area contributed by atoms with Crippen molar-refractivity contribution in [3.8, 4) is 5.82 Å². The third-order valence-corrected chi connectivity index (χ3v) is 3.72. The molecule has 1 aromatic carbocycles. The Morgan fingerprint density at radius 1 is 1.00 bits per heavy atom. The summed E-state index contributed by atoms with van der Waals surface area (Å²) in [6, 6.07) is 10.7. The number of hydrogen-bond acceptors (Lipinski definition) is 3. The van der Waals surface area contributed by atoms with Crippen LogP contribution in [0.3, 0.4) is 0 Å². The molecule has 5 nitrogen and oxygen atoms in total. The summed E-state index contributed by atoms with van der Waals surface area (Å²) in [5.74, 6) is 0.820. The molecule has 0 aliphatic carbocycles. The quantitative estimate of drug-likeness (QED) is 0.564. The maximum absolute atomic E-state index is 4.52. The van der Waals surface area contributed by atoms with E-state index in [-0.39, 0.29) is 0 Å². The van der Waals surface area contributed by atoms with Crippen LogP contribution in [0.2, 0.25) is 0 Å². The van der Waals surface area contributed by atoms with Gasteiger partial charge in [-0.2, -0.15) is 0 Å². The van der Waals surface area contributed by atoms with Crippen LogP contribution in [0.4, 0.5) is 0 Å². The fourth-order valence-corrected chi connectivity index (χ4v) is 2.66. The molecule has 0 saturated carbocycles. The molecule has 5 heteroatoms. The second kappa shape index (κ2) is 4.41. The highest BCUT2D eigenvalue weighted by Gasteiger charge is 2.14. The minimum atomic E-state index is 0.319. The third-order valence-electron chi connectivity index (χ3n) is 3.72. The van der Waals surface area contributed by atoms with Crippen LogP contribution in [0, 0.1) is 0 Å². The van der Waals surface area contributed by atoms with Gasteiger partial charge in [0, 0.05) is 12.2 Å². The monoisotopic (exact) mass is 277 g/mol. The van der Waals surface area contributed by atoms with Crippen molar-refractivity contribution in [2.75, 3.05) is 0 Å². The Kier molecular flexibility index (Phi) is 2.54. The van der Waals surface area contributed by atoms with Gasteiger partial charge in [0.1, 0.15) is 6.33 Å². The minimum Gasteiger partial charge on any atom is -0.313 e. The van der Waals surface area contributed by atoms with Crippen LogP contribution < -0.4 is 0 Å². The molecule has 3 aromatic heterocycles. The molecule has 0 aliphatic heterocycles. The number of hydrogen-bond donors (Lipinski definition) is 0. The Morgan fingerprint density at radius 3 is 2.71 bits per heavy atom. The summed E-state index contributed by atoms with van der Waals surface area (Å²) in [5.41, 5.74) is 2.82. The zero-order valence-electron chi connectivity index (χ0n) is 11.9. The van der Waals surface area contributed by atoms with Crippen LogP contribution in [-0.4, -0.2) is 24.1 Å². The van der Waals surface area contributed by atoms with E-state index in [1.807, 2.05) is 24.7 Å². The van der Waals surface area contributed by atoms with Crippen molar-refractivity contribution >= 4 is 22.1 Å². The van der Waals surface area contributed by atoms with Crippen molar-refractivity contribution in [1.82, 2.24) is 24.1 Å². The molecule has 0 bridgehead atoms. The van der Waals surface area contributed by atoms with E-state index in [0.717, 1.165) is 22.5 Å². The second-order valence-electron chi connectivity index (χ2n) is 5.36. The summed E-state index contributed by atoms with van der Waals surface area (Å²) in [4.78, 5) is 13.4. The van der Waals surface area contributed by atoms with Crippen molar-refractivity contribution in [3.05, 3.63) is 49.2 Å². The first-order chi connectivity index (χ1) is 10.3. The highest BCUT2D eigenvalue weighted by Crippen LogP contribution is 2.24. The molecule has 4 aromatic rings. The number of fused-ring (bicyclic) bond motifs is 2. The van der Waals surface area contributed by atoms with E-state index in [9.17, 15) is 0 Å². The van der Waals surface area contributed by atoms with E-state index >= 15 is 0 Å². The fourth-order valence-electron chi connectivity index (χ4n) is 2.66. The number of para-hydroxylation sites is 1. The molecule has 0 atom stereocenters. The Hall–Kier alpha value is -2.69. The SMILES string of the molecule is CC(C)n1cnc2c(-n3ccc4ccccc43)ncnc21. The molecule has 104 valence electrons. The van der Waals surface area contributed by atoms with E-state index < -0.39 is 0 Å². The molecule has 0 aliphatic rings. The van der Waals surface area contributed by atoms with Crippen molar-refractivity contribution in [2.45, 2.75) is 19.9 Å². The van der Waals surface area contributed by atoms with Crippen molar-refractivity contribution < 1.29 is 0 Å². The van der Waals surface area contributed by atoms with Crippen molar-refractivity contribution in [2.24, 2.45) is 0 Å². The van der Waals surface area contributed by atoms with E-state index in [0.29, 0.717) is 6.04 Å². The molecule has 0 unspecified atom stereocenters. The summed E-state index contributed by atoms with van der Waals surface area (Å²) in [5, 5.41) is 1.19. The van der Waals surface area contributed by atoms with Crippen LogP contribution in [0.5, 0.6) is 0 Å². The van der Waals surface area contributed by atoms with Gasteiger partial charge >= 0.3 is 0 Å². The highest BCUT2D eigenvalue weighted by atomic mass is 15.2. The van der Waals surface area contributed by atoms with Crippen molar-refractivity contribution in [3.63, 3.8) is 0 Å². The first-order valence-corrected chi connectivity index (χ1v) is 6.99. The van der Waals surface area contributed by atoms with Gasteiger partial charge in [-0.05, 0) is 31.4 Å². The lowest BCUT2D eigenvalue weighted by molar-refractivity contribution is 0.612. The van der Waals surface area contributed by atoms with Crippen LogP contribution in [0.25, 0.3) is 27.9 Å². The lowest BCUT2D eigenvalue weighted by Crippen LogP contribution is -2.02. The molecule has 0 spiro atoms. The Balaban J connectivity index is 2.03. The maximum atomic E-state index is 4.52. The van der Waals surface area contributed by atoms with Gasteiger partial charge in [0.15, 0.2) is 17.0 Å². The molecule has 0 N–H and O–H groups in total. The zero-order chi connectivity index (χ0) is 14.4. The number of rotatable bonds is 2. The molecular formula is C16H15N5. The summed E-state index contributed by atoms with van der Waals surface area (Å²) >= 11 is 0. The third kappa shape index (κ3) is 1.74. The Labute approximate surface area is 121 Å². The average Bonchev–Trinajstić information content (AvgIpc) is 3.11. The van der Waals surface area contributed by atoms with E-state index in [4.69, 9.17) is 0 Å². The summed E-state index contributed by atoms with van der Waals surface area (Å²) in [6.07, 6.45) is 5.47. The van der Waals surface area contributed by atoms with Crippen molar-refractivity contribution in [1.29, 1.82) is 0 Å². The number of nitrogens with zero attached hydrogens (tertiary/aromatic N) is 5. The first-order valence-electron chi connectivity index (χ1n) is 6.99. The van der Waals surface area contributed by atoms with Gasteiger partial charge in [-0.15, -0.1) is 0 Å². The molecule has 3 heterocycles.